The summed E-state index contributed by atoms with van der Waals surface area (Å²) in [5.74, 6) is 0.601. The molecule has 1 aromatic heterocycles. The average molecular weight is 278 g/mol. The summed E-state index contributed by atoms with van der Waals surface area (Å²) in [6.07, 6.45) is 1.64. The summed E-state index contributed by atoms with van der Waals surface area (Å²) in [4.78, 5) is 4.28. The number of ether oxygens (including phenoxy) is 1. The summed E-state index contributed by atoms with van der Waals surface area (Å²) in [7, 11) is 1.57. The molecule has 0 aliphatic carbocycles. The minimum atomic E-state index is -0.843. The van der Waals surface area contributed by atoms with Gasteiger partial charge < -0.3 is 9.84 Å². The first-order valence-corrected chi connectivity index (χ1v) is 6.50. The van der Waals surface area contributed by atoms with E-state index in [4.69, 9.17) is 16.3 Å². The summed E-state index contributed by atoms with van der Waals surface area (Å²) >= 11 is 5.99. The number of hydrogen-bond acceptors (Lipinski definition) is 3. The Kier molecular flexibility index (Phi) is 4.40. The fourth-order valence-electron chi connectivity index (χ4n) is 2.06. The van der Waals surface area contributed by atoms with Crippen LogP contribution in [-0.4, -0.2) is 17.2 Å². The lowest BCUT2D eigenvalue weighted by atomic mass is 10.00. The van der Waals surface area contributed by atoms with Gasteiger partial charge in [0.1, 0.15) is 11.9 Å². The van der Waals surface area contributed by atoms with Crippen LogP contribution in [0.25, 0.3) is 0 Å². The highest BCUT2D eigenvalue weighted by Gasteiger charge is 2.19. The molecule has 0 bridgehead atoms. The number of methoxy groups -OCH3 is 1. The number of rotatable bonds is 4. The van der Waals surface area contributed by atoms with Crippen molar-refractivity contribution in [1.29, 1.82) is 0 Å². The Hall–Kier alpha value is -1.58. The second kappa shape index (κ2) is 6.04. The maximum atomic E-state index is 10.5. The Labute approximate surface area is 117 Å². The topological polar surface area (TPSA) is 42.4 Å². The van der Waals surface area contributed by atoms with Crippen molar-refractivity contribution >= 4 is 11.6 Å². The van der Waals surface area contributed by atoms with Gasteiger partial charge in [-0.05, 0) is 36.2 Å². The zero-order valence-electron chi connectivity index (χ0n) is 10.9. The first-order chi connectivity index (χ1) is 9.17. The lowest BCUT2D eigenvalue weighted by Gasteiger charge is -2.17. The van der Waals surface area contributed by atoms with Crippen LogP contribution in [0.15, 0.2) is 36.5 Å². The lowest BCUT2D eigenvalue weighted by Crippen LogP contribution is -2.07. The SMILES string of the molecule is CCc1cccnc1C(O)c1cc(Cl)ccc1OC. The Morgan fingerprint density at radius 2 is 2.16 bits per heavy atom. The third-order valence-electron chi connectivity index (χ3n) is 3.05. The van der Waals surface area contributed by atoms with Crippen LogP contribution in [0.2, 0.25) is 5.02 Å². The average Bonchev–Trinajstić information content (AvgIpc) is 2.46. The van der Waals surface area contributed by atoms with E-state index < -0.39 is 6.10 Å². The van der Waals surface area contributed by atoms with Crippen molar-refractivity contribution in [2.24, 2.45) is 0 Å². The molecule has 3 nitrogen and oxygen atoms in total. The molecule has 4 heteroatoms. The quantitative estimate of drug-likeness (QED) is 0.931. The third-order valence-corrected chi connectivity index (χ3v) is 3.29. The Morgan fingerprint density at radius 1 is 1.37 bits per heavy atom. The van der Waals surface area contributed by atoms with E-state index in [2.05, 4.69) is 4.98 Å². The molecule has 0 aliphatic heterocycles. The minimum Gasteiger partial charge on any atom is -0.496 e. The molecule has 0 spiro atoms. The van der Waals surface area contributed by atoms with Gasteiger partial charge in [0.15, 0.2) is 0 Å². The lowest BCUT2D eigenvalue weighted by molar-refractivity contribution is 0.209. The molecule has 0 amide bonds. The zero-order valence-corrected chi connectivity index (χ0v) is 11.7. The van der Waals surface area contributed by atoms with Crippen molar-refractivity contribution in [3.05, 3.63) is 58.4 Å². The van der Waals surface area contributed by atoms with Gasteiger partial charge in [-0.15, -0.1) is 0 Å². The Balaban J connectivity index is 2.49. The highest BCUT2D eigenvalue weighted by Crippen LogP contribution is 2.32. The Bertz CT molecular complexity index is 572. The predicted molar refractivity (Wildman–Crippen MR) is 75.7 cm³/mol. The zero-order chi connectivity index (χ0) is 13.8. The maximum absolute atomic E-state index is 10.5. The number of halogens is 1. The monoisotopic (exact) mass is 277 g/mol. The molecule has 0 aliphatic rings. The van der Waals surface area contributed by atoms with Crippen LogP contribution < -0.4 is 4.74 Å². The van der Waals surface area contributed by atoms with E-state index in [-0.39, 0.29) is 0 Å². The van der Waals surface area contributed by atoms with Crippen molar-refractivity contribution in [3.8, 4) is 5.75 Å². The molecule has 0 radical (unpaired) electrons. The number of hydrogen-bond donors (Lipinski definition) is 1. The molecule has 1 N–H and O–H groups in total. The summed E-state index contributed by atoms with van der Waals surface area (Å²) < 4.78 is 5.27. The van der Waals surface area contributed by atoms with Gasteiger partial charge >= 0.3 is 0 Å². The fraction of sp³-hybridized carbons (Fsp3) is 0.267. The highest BCUT2D eigenvalue weighted by molar-refractivity contribution is 6.30. The molecule has 1 heterocycles. The van der Waals surface area contributed by atoms with E-state index >= 15 is 0 Å². The first-order valence-electron chi connectivity index (χ1n) is 6.12. The van der Waals surface area contributed by atoms with Crippen LogP contribution in [0.1, 0.15) is 29.8 Å². The van der Waals surface area contributed by atoms with Crippen LogP contribution in [0.5, 0.6) is 5.75 Å². The summed E-state index contributed by atoms with van der Waals surface area (Å²) in [6.45, 7) is 2.03. The molecule has 0 fully saturated rings. The van der Waals surface area contributed by atoms with Crippen LogP contribution in [0.4, 0.5) is 0 Å². The number of pyridine rings is 1. The van der Waals surface area contributed by atoms with Gasteiger partial charge in [-0.3, -0.25) is 4.98 Å². The van der Waals surface area contributed by atoms with Crippen LogP contribution in [0.3, 0.4) is 0 Å². The highest BCUT2D eigenvalue weighted by atomic mass is 35.5. The van der Waals surface area contributed by atoms with Gasteiger partial charge in [-0.1, -0.05) is 24.6 Å². The minimum absolute atomic E-state index is 0.559. The largest absolute Gasteiger partial charge is 0.496 e. The van der Waals surface area contributed by atoms with Crippen LogP contribution in [0, 0.1) is 0 Å². The molecular formula is C15H16ClNO2. The standard InChI is InChI=1S/C15H16ClNO2/c1-3-10-5-4-8-17-14(10)15(18)12-9-11(16)6-7-13(12)19-2/h4-9,15,18H,3H2,1-2H3. The van der Waals surface area contributed by atoms with Gasteiger partial charge in [0.25, 0.3) is 0 Å². The molecule has 2 rings (SSSR count). The molecule has 0 saturated carbocycles. The van der Waals surface area contributed by atoms with Crippen molar-refractivity contribution in [2.75, 3.05) is 7.11 Å². The van der Waals surface area contributed by atoms with Crippen molar-refractivity contribution in [2.45, 2.75) is 19.4 Å². The van der Waals surface area contributed by atoms with E-state index in [1.54, 1.807) is 31.5 Å². The second-order valence-corrected chi connectivity index (χ2v) is 4.63. The van der Waals surface area contributed by atoms with Crippen LogP contribution in [-0.2, 0) is 6.42 Å². The number of aliphatic hydroxyl groups is 1. The van der Waals surface area contributed by atoms with E-state index in [1.165, 1.54) is 0 Å². The molecule has 1 aromatic carbocycles. The van der Waals surface area contributed by atoms with Gasteiger partial charge in [0.2, 0.25) is 0 Å². The van der Waals surface area contributed by atoms with Gasteiger partial charge in [0, 0.05) is 16.8 Å². The normalized spacial score (nSPS) is 12.2. The maximum Gasteiger partial charge on any atom is 0.125 e. The molecule has 100 valence electrons. The first kappa shape index (κ1) is 13.8. The van der Waals surface area contributed by atoms with Gasteiger partial charge in [-0.25, -0.2) is 0 Å². The Morgan fingerprint density at radius 3 is 2.84 bits per heavy atom. The van der Waals surface area contributed by atoms with E-state index in [1.807, 2.05) is 19.1 Å². The third kappa shape index (κ3) is 2.88. The number of nitrogens with zero attached hydrogens (tertiary/aromatic N) is 1. The summed E-state index contributed by atoms with van der Waals surface area (Å²) in [5, 5.41) is 11.1. The number of aliphatic hydroxyl groups excluding tert-OH is 1. The summed E-state index contributed by atoms with van der Waals surface area (Å²) in [6, 6.07) is 9.01. The fourth-order valence-corrected chi connectivity index (χ4v) is 2.24. The number of aryl methyl sites for hydroxylation is 1. The van der Waals surface area contributed by atoms with E-state index in [0.29, 0.717) is 22.0 Å². The second-order valence-electron chi connectivity index (χ2n) is 4.19. The summed E-state index contributed by atoms with van der Waals surface area (Å²) in [5.41, 5.74) is 2.28. The molecule has 1 atom stereocenters. The number of aromatic nitrogens is 1. The predicted octanol–water partition coefficient (Wildman–Crippen LogP) is 3.39. The number of benzene rings is 1. The molecule has 2 aromatic rings. The molecule has 19 heavy (non-hydrogen) atoms. The van der Waals surface area contributed by atoms with E-state index in [9.17, 15) is 5.11 Å². The molecule has 1 unspecified atom stereocenters. The van der Waals surface area contributed by atoms with Crippen molar-refractivity contribution < 1.29 is 9.84 Å². The molecular weight excluding hydrogens is 262 g/mol. The van der Waals surface area contributed by atoms with Crippen molar-refractivity contribution in [3.63, 3.8) is 0 Å². The smallest absolute Gasteiger partial charge is 0.125 e. The van der Waals surface area contributed by atoms with E-state index in [0.717, 1.165) is 12.0 Å². The van der Waals surface area contributed by atoms with Gasteiger partial charge in [0.05, 0.1) is 12.8 Å². The van der Waals surface area contributed by atoms with Crippen LogP contribution >= 0.6 is 11.6 Å². The van der Waals surface area contributed by atoms with Gasteiger partial charge in [-0.2, -0.15) is 0 Å². The molecule has 0 saturated heterocycles. The van der Waals surface area contributed by atoms with Crippen molar-refractivity contribution in [1.82, 2.24) is 4.98 Å².